The molecule has 3 aromatic rings. The van der Waals surface area contributed by atoms with E-state index in [0.29, 0.717) is 0 Å². The first kappa shape index (κ1) is 20.4. The number of rotatable bonds is 6. The predicted octanol–water partition coefficient (Wildman–Crippen LogP) is 5.53. The van der Waals surface area contributed by atoms with E-state index in [1.165, 1.54) is 5.39 Å². The summed E-state index contributed by atoms with van der Waals surface area (Å²) in [5.41, 5.74) is 1.11. The van der Waals surface area contributed by atoms with Gasteiger partial charge in [-0.1, -0.05) is 36.4 Å². The van der Waals surface area contributed by atoms with Gasteiger partial charge >= 0.3 is 0 Å². The number of aromatic nitrogens is 1. The normalized spacial score (nSPS) is 12.0. The van der Waals surface area contributed by atoms with Gasteiger partial charge in [0, 0.05) is 36.3 Å². The number of fused-ring (bicyclic) bond motifs is 1. The molecule has 0 radical (unpaired) electrons. The Morgan fingerprint density at radius 1 is 1.08 bits per heavy atom. The molecule has 0 N–H and O–H groups in total. The van der Waals surface area contributed by atoms with E-state index < -0.39 is 0 Å². The molecule has 132 valence electrons. The van der Waals surface area contributed by atoms with Crippen LogP contribution in [0, 0.1) is 3.57 Å². The van der Waals surface area contributed by atoms with Gasteiger partial charge in [0.1, 0.15) is 11.9 Å². The first-order valence-corrected chi connectivity index (χ1v) is 9.11. The van der Waals surface area contributed by atoms with Gasteiger partial charge in [0.2, 0.25) is 0 Å². The Balaban J connectivity index is 0.00000225. The molecule has 1 aromatic heterocycles. The van der Waals surface area contributed by atoms with Gasteiger partial charge in [-0.05, 0) is 54.2 Å². The standard InChI is InChI=1S/C20H21IN2O.HI/c1-23(2)13-11-19(16-7-5-12-22-14-16)24-20-17-8-4-3-6-15(17)9-10-18(20)21;/h3-10,12,14,19H,11,13H2,1-2H3;1H. The van der Waals surface area contributed by atoms with E-state index in [0.717, 1.165) is 33.2 Å². The molecule has 0 bridgehead atoms. The summed E-state index contributed by atoms with van der Waals surface area (Å²) in [7, 11) is 4.17. The number of ether oxygens (including phenoxy) is 1. The minimum atomic E-state index is -0.0135. The van der Waals surface area contributed by atoms with Crippen LogP contribution < -0.4 is 4.74 Å². The van der Waals surface area contributed by atoms with E-state index in [9.17, 15) is 0 Å². The molecule has 1 unspecified atom stereocenters. The second kappa shape index (κ2) is 9.68. The van der Waals surface area contributed by atoms with Gasteiger partial charge in [-0.2, -0.15) is 0 Å². The van der Waals surface area contributed by atoms with Crippen molar-refractivity contribution in [2.75, 3.05) is 20.6 Å². The minimum Gasteiger partial charge on any atom is -0.484 e. The van der Waals surface area contributed by atoms with Gasteiger partial charge in [0.05, 0.1) is 3.57 Å². The lowest BCUT2D eigenvalue weighted by Gasteiger charge is -2.23. The highest BCUT2D eigenvalue weighted by atomic mass is 127. The Morgan fingerprint density at radius 3 is 2.60 bits per heavy atom. The van der Waals surface area contributed by atoms with E-state index in [4.69, 9.17) is 4.74 Å². The van der Waals surface area contributed by atoms with Crippen LogP contribution in [0.3, 0.4) is 0 Å². The Hall–Kier alpha value is -0.930. The van der Waals surface area contributed by atoms with Crippen molar-refractivity contribution in [3.8, 4) is 5.75 Å². The van der Waals surface area contributed by atoms with Crippen LogP contribution in [0.5, 0.6) is 5.75 Å². The van der Waals surface area contributed by atoms with Crippen molar-refractivity contribution in [2.45, 2.75) is 12.5 Å². The number of benzene rings is 2. The fraction of sp³-hybridized carbons (Fsp3) is 0.250. The van der Waals surface area contributed by atoms with Gasteiger partial charge in [0.25, 0.3) is 0 Å². The van der Waals surface area contributed by atoms with Crippen LogP contribution in [-0.2, 0) is 0 Å². The van der Waals surface area contributed by atoms with E-state index in [-0.39, 0.29) is 30.1 Å². The van der Waals surface area contributed by atoms with Crippen molar-refractivity contribution in [1.29, 1.82) is 0 Å². The first-order chi connectivity index (χ1) is 11.6. The molecule has 1 atom stereocenters. The Labute approximate surface area is 179 Å². The van der Waals surface area contributed by atoms with Crippen LogP contribution in [0.4, 0.5) is 0 Å². The van der Waals surface area contributed by atoms with Crippen LogP contribution in [0.25, 0.3) is 10.8 Å². The molecular weight excluding hydrogens is 538 g/mol. The number of pyridine rings is 1. The molecule has 0 saturated heterocycles. The molecule has 2 aromatic carbocycles. The Kier molecular flexibility index (Phi) is 7.89. The highest BCUT2D eigenvalue weighted by molar-refractivity contribution is 14.1. The van der Waals surface area contributed by atoms with Crippen molar-refractivity contribution in [3.63, 3.8) is 0 Å². The zero-order chi connectivity index (χ0) is 16.9. The molecule has 1 heterocycles. The fourth-order valence-corrected chi connectivity index (χ4v) is 3.31. The summed E-state index contributed by atoms with van der Waals surface area (Å²) < 4.78 is 7.65. The summed E-state index contributed by atoms with van der Waals surface area (Å²) >= 11 is 2.35. The lowest BCUT2D eigenvalue weighted by molar-refractivity contribution is 0.180. The SMILES string of the molecule is CN(C)CCC(Oc1c(I)ccc2ccccc12)c1cccnc1.I. The molecule has 3 rings (SSSR count). The highest BCUT2D eigenvalue weighted by Gasteiger charge is 2.17. The average Bonchev–Trinajstić information content (AvgIpc) is 2.61. The lowest BCUT2D eigenvalue weighted by Crippen LogP contribution is -2.19. The zero-order valence-electron chi connectivity index (χ0n) is 14.4. The molecule has 0 spiro atoms. The van der Waals surface area contributed by atoms with Crippen molar-refractivity contribution in [2.24, 2.45) is 0 Å². The zero-order valence-corrected chi connectivity index (χ0v) is 18.8. The van der Waals surface area contributed by atoms with E-state index in [1.807, 2.05) is 12.3 Å². The van der Waals surface area contributed by atoms with Gasteiger partial charge < -0.3 is 9.64 Å². The third-order valence-corrected chi connectivity index (χ3v) is 4.84. The quantitative estimate of drug-likeness (QED) is 0.371. The maximum Gasteiger partial charge on any atom is 0.141 e. The topological polar surface area (TPSA) is 25.4 Å². The van der Waals surface area contributed by atoms with Crippen molar-refractivity contribution in [1.82, 2.24) is 9.88 Å². The number of nitrogens with zero attached hydrogens (tertiary/aromatic N) is 2. The van der Waals surface area contributed by atoms with Gasteiger partial charge in [0.15, 0.2) is 0 Å². The van der Waals surface area contributed by atoms with E-state index in [2.05, 4.69) is 89.0 Å². The molecular formula is C20H22I2N2O. The monoisotopic (exact) mass is 560 g/mol. The molecule has 0 aliphatic rings. The highest BCUT2D eigenvalue weighted by Crippen LogP contribution is 2.35. The summed E-state index contributed by atoms with van der Waals surface area (Å²) in [6, 6.07) is 16.7. The molecule has 5 heteroatoms. The molecule has 3 nitrogen and oxygen atoms in total. The average molecular weight is 560 g/mol. The number of hydrogen-bond donors (Lipinski definition) is 0. The summed E-state index contributed by atoms with van der Waals surface area (Å²) in [6.07, 6.45) is 4.60. The molecule has 0 aliphatic heterocycles. The van der Waals surface area contributed by atoms with Gasteiger partial charge in [-0.25, -0.2) is 0 Å². The largest absolute Gasteiger partial charge is 0.484 e. The van der Waals surface area contributed by atoms with E-state index >= 15 is 0 Å². The third-order valence-electron chi connectivity index (χ3n) is 3.99. The van der Waals surface area contributed by atoms with Gasteiger partial charge in [-0.15, -0.1) is 24.0 Å². The molecule has 0 aliphatic carbocycles. The number of hydrogen-bond acceptors (Lipinski definition) is 3. The molecule has 0 amide bonds. The summed E-state index contributed by atoms with van der Waals surface area (Å²) in [4.78, 5) is 6.44. The predicted molar refractivity (Wildman–Crippen MR) is 123 cm³/mol. The lowest BCUT2D eigenvalue weighted by atomic mass is 10.1. The first-order valence-electron chi connectivity index (χ1n) is 8.03. The van der Waals surface area contributed by atoms with Crippen LogP contribution in [0.1, 0.15) is 18.1 Å². The van der Waals surface area contributed by atoms with Crippen LogP contribution >= 0.6 is 46.6 Å². The van der Waals surface area contributed by atoms with Crippen molar-refractivity contribution >= 4 is 57.3 Å². The second-order valence-electron chi connectivity index (χ2n) is 6.08. The molecule has 0 saturated carbocycles. The number of halogens is 2. The summed E-state index contributed by atoms with van der Waals surface area (Å²) in [6.45, 7) is 0.959. The summed E-state index contributed by atoms with van der Waals surface area (Å²) in [5.74, 6) is 0.960. The smallest absolute Gasteiger partial charge is 0.141 e. The second-order valence-corrected chi connectivity index (χ2v) is 7.24. The summed E-state index contributed by atoms with van der Waals surface area (Å²) in [5, 5.41) is 2.36. The van der Waals surface area contributed by atoms with Gasteiger partial charge in [-0.3, -0.25) is 4.98 Å². The van der Waals surface area contributed by atoms with Crippen molar-refractivity contribution < 1.29 is 4.74 Å². The molecule has 0 fully saturated rings. The Morgan fingerprint density at radius 2 is 1.88 bits per heavy atom. The van der Waals surface area contributed by atoms with Crippen LogP contribution in [0.15, 0.2) is 60.9 Å². The Bertz CT molecular complexity index is 809. The maximum absolute atomic E-state index is 6.52. The van der Waals surface area contributed by atoms with Crippen molar-refractivity contribution in [3.05, 3.63) is 70.1 Å². The maximum atomic E-state index is 6.52. The van der Waals surface area contributed by atoms with Crippen LogP contribution in [0.2, 0.25) is 0 Å². The van der Waals surface area contributed by atoms with Crippen LogP contribution in [-0.4, -0.2) is 30.5 Å². The van der Waals surface area contributed by atoms with E-state index in [1.54, 1.807) is 6.20 Å². The minimum absolute atomic E-state index is 0. The fourth-order valence-electron chi connectivity index (χ4n) is 2.71. The molecule has 25 heavy (non-hydrogen) atoms. The third kappa shape index (κ3) is 5.27.